The summed E-state index contributed by atoms with van der Waals surface area (Å²) in [7, 11) is 0. The molecule has 0 aromatic heterocycles. The molecule has 0 aromatic rings. The smallest absolute Gasteiger partial charge is 0.233 e. The van der Waals surface area contributed by atoms with E-state index in [9.17, 15) is 14.4 Å². The zero-order chi connectivity index (χ0) is 18.4. The number of primary amides is 1. The molecular weight excluding hydrogens is 318 g/mol. The van der Waals surface area contributed by atoms with Crippen molar-refractivity contribution in [3.05, 3.63) is 0 Å². The lowest BCUT2D eigenvalue weighted by molar-refractivity contribution is -0.138. The minimum absolute atomic E-state index is 0.0163. The van der Waals surface area contributed by atoms with E-state index in [4.69, 9.17) is 5.73 Å². The molecule has 0 unspecified atom stereocenters. The number of nitrogens with zero attached hydrogens (tertiary/aromatic N) is 1. The quantitative estimate of drug-likeness (QED) is 0.711. The van der Waals surface area contributed by atoms with Crippen LogP contribution in [0.3, 0.4) is 0 Å². The zero-order valence-electron chi connectivity index (χ0n) is 15.6. The SMILES string of the molecule is CCCN1CC(=O)[C@@H](NC(=O)[C@H](C(N)=O)C2CCCCC2)CC[C@H]1C. The van der Waals surface area contributed by atoms with Gasteiger partial charge in [0.1, 0.15) is 5.92 Å². The van der Waals surface area contributed by atoms with E-state index in [0.29, 0.717) is 19.0 Å². The van der Waals surface area contributed by atoms with E-state index >= 15 is 0 Å². The molecule has 0 radical (unpaired) electrons. The maximum Gasteiger partial charge on any atom is 0.233 e. The number of likely N-dealkylation sites (tertiary alicyclic amines) is 1. The number of hydrogen-bond donors (Lipinski definition) is 2. The fraction of sp³-hybridized carbons (Fsp3) is 0.842. The first-order valence-corrected chi connectivity index (χ1v) is 9.80. The molecule has 0 bridgehead atoms. The average molecular weight is 351 g/mol. The fourth-order valence-corrected chi connectivity index (χ4v) is 4.26. The molecule has 25 heavy (non-hydrogen) atoms. The molecule has 3 atom stereocenters. The van der Waals surface area contributed by atoms with Crippen LogP contribution in [0.4, 0.5) is 0 Å². The third-order valence-corrected chi connectivity index (χ3v) is 5.78. The number of hydrogen-bond acceptors (Lipinski definition) is 4. The van der Waals surface area contributed by atoms with Crippen LogP contribution in [-0.4, -0.2) is 47.7 Å². The number of nitrogens with two attached hydrogens (primary N) is 1. The van der Waals surface area contributed by atoms with E-state index in [1.165, 1.54) is 0 Å². The Bertz CT molecular complexity index is 488. The van der Waals surface area contributed by atoms with Gasteiger partial charge in [0.05, 0.1) is 12.6 Å². The van der Waals surface area contributed by atoms with Gasteiger partial charge in [-0.1, -0.05) is 26.2 Å². The van der Waals surface area contributed by atoms with Gasteiger partial charge in [0.25, 0.3) is 0 Å². The highest BCUT2D eigenvalue weighted by Gasteiger charge is 2.37. The van der Waals surface area contributed by atoms with Crippen molar-refractivity contribution in [2.45, 2.75) is 77.3 Å². The molecule has 3 N–H and O–H groups in total. The van der Waals surface area contributed by atoms with Gasteiger partial charge in [-0.15, -0.1) is 0 Å². The van der Waals surface area contributed by atoms with Crippen LogP contribution in [0.2, 0.25) is 0 Å². The van der Waals surface area contributed by atoms with Crippen LogP contribution in [0.15, 0.2) is 0 Å². The highest BCUT2D eigenvalue weighted by atomic mass is 16.2. The van der Waals surface area contributed by atoms with E-state index in [1.54, 1.807) is 0 Å². The van der Waals surface area contributed by atoms with E-state index < -0.39 is 17.9 Å². The fourth-order valence-electron chi connectivity index (χ4n) is 4.26. The Morgan fingerprint density at radius 2 is 1.88 bits per heavy atom. The minimum atomic E-state index is -0.805. The largest absolute Gasteiger partial charge is 0.369 e. The highest BCUT2D eigenvalue weighted by molar-refractivity contribution is 6.01. The standard InChI is InChI=1S/C19H33N3O3/c1-3-11-22-12-16(23)15(10-9-13(22)2)21-19(25)17(18(20)24)14-7-5-4-6-8-14/h13-15,17H,3-12H2,1-2H3,(H2,20,24)(H,21,25)/t13-,15+,17+/m1/s1. The summed E-state index contributed by atoms with van der Waals surface area (Å²) in [4.78, 5) is 39.4. The van der Waals surface area contributed by atoms with E-state index in [2.05, 4.69) is 24.1 Å². The molecule has 1 saturated carbocycles. The maximum absolute atomic E-state index is 12.7. The van der Waals surface area contributed by atoms with Gasteiger partial charge in [-0.25, -0.2) is 0 Å². The number of amides is 2. The molecule has 1 aliphatic heterocycles. The molecule has 6 heteroatoms. The number of rotatable bonds is 6. The molecule has 1 aliphatic carbocycles. The van der Waals surface area contributed by atoms with Gasteiger partial charge in [0.15, 0.2) is 5.78 Å². The monoisotopic (exact) mass is 351 g/mol. The molecule has 2 rings (SSSR count). The van der Waals surface area contributed by atoms with E-state index in [0.717, 1.165) is 51.5 Å². The second-order valence-electron chi connectivity index (χ2n) is 7.70. The second-order valence-corrected chi connectivity index (χ2v) is 7.70. The van der Waals surface area contributed by atoms with E-state index in [-0.39, 0.29) is 17.6 Å². The van der Waals surface area contributed by atoms with Crippen molar-refractivity contribution in [3.8, 4) is 0 Å². The molecule has 142 valence electrons. The Morgan fingerprint density at radius 1 is 1.20 bits per heavy atom. The van der Waals surface area contributed by atoms with Gasteiger partial charge in [-0.05, 0) is 51.5 Å². The Morgan fingerprint density at radius 3 is 2.48 bits per heavy atom. The van der Waals surface area contributed by atoms with Crippen molar-refractivity contribution in [2.75, 3.05) is 13.1 Å². The Labute approximate surface area is 150 Å². The average Bonchev–Trinajstić information content (AvgIpc) is 2.70. The van der Waals surface area contributed by atoms with Crippen LogP contribution in [0.25, 0.3) is 0 Å². The summed E-state index contributed by atoms with van der Waals surface area (Å²) >= 11 is 0. The van der Waals surface area contributed by atoms with Crippen molar-refractivity contribution >= 4 is 17.6 Å². The van der Waals surface area contributed by atoms with Crippen LogP contribution in [-0.2, 0) is 14.4 Å². The molecule has 6 nitrogen and oxygen atoms in total. The third-order valence-electron chi connectivity index (χ3n) is 5.78. The Hall–Kier alpha value is -1.43. The topological polar surface area (TPSA) is 92.5 Å². The van der Waals surface area contributed by atoms with Gasteiger partial charge >= 0.3 is 0 Å². The number of nitrogens with one attached hydrogen (secondary N) is 1. The third kappa shape index (κ3) is 5.27. The summed E-state index contributed by atoms with van der Waals surface area (Å²) in [6.45, 7) is 5.48. The Balaban J connectivity index is 2.01. The summed E-state index contributed by atoms with van der Waals surface area (Å²) in [5.41, 5.74) is 5.53. The predicted molar refractivity (Wildman–Crippen MR) is 96.8 cm³/mol. The highest BCUT2D eigenvalue weighted by Crippen LogP contribution is 2.30. The molecule has 0 aromatic carbocycles. The number of Topliss-reactive ketones (excluding diaryl/α,β-unsaturated/α-hetero) is 1. The molecule has 2 aliphatic rings. The number of ketones is 1. The normalized spacial score (nSPS) is 27.5. The van der Waals surface area contributed by atoms with Crippen molar-refractivity contribution in [1.29, 1.82) is 0 Å². The lowest BCUT2D eigenvalue weighted by atomic mass is 9.79. The van der Waals surface area contributed by atoms with Gasteiger partial charge in [-0.2, -0.15) is 0 Å². The zero-order valence-corrected chi connectivity index (χ0v) is 15.6. The van der Waals surface area contributed by atoms with Crippen LogP contribution in [0.1, 0.15) is 65.2 Å². The molecule has 1 saturated heterocycles. The minimum Gasteiger partial charge on any atom is -0.369 e. The van der Waals surface area contributed by atoms with Crippen LogP contribution in [0, 0.1) is 11.8 Å². The summed E-state index contributed by atoms with van der Waals surface area (Å²) in [5.74, 6) is -1.66. The van der Waals surface area contributed by atoms with Gasteiger partial charge in [-0.3, -0.25) is 19.3 Å². The lowest BCUT2D eigenvalue weighted by Crippen LogP contribution is -2.50. The summed E-state index contributed by atoms with van der Waals surface area (Å²) in [6.07, 6.45) is 7.43. The van der Waals surface area contributed by atoms with Crippen molar-refractivity contribution in [2.24, 2.45) is 17.6 Å². The summed E-state index contributed by atoms with van der Waals surface area (Å²) in [6, 6.07) is -0.168. The van der Waals surface area contributed by atoms with Crippen molar-refractivity contribution in [1.82, 2.24) is 10.2 Å². The molecule has 2 fully saturated rings. The predicted octanol–water partition coefficient (Wildman–Crippen LogP) is 1.62. The summed E-state index contributed by atoms with van der Waals surface area (Å²) in [5, 5.41) is 2.85. The van der Waals surface area contributed by atoms with Crippen LogP contribution < -0.4 is 11.1 Å². The first-order valence-electron chi connectivity index (χ1n) is 9.80. The van der Waals surface area contributed by atoms with Crippen molar-refractivity contribution in [3.63, 3.8) is 0 Å². The summed E-state index contributed by atoms with van der Waals surface area (Å²) < 4.78 is 0. The molecular formula is C19H33N3O3. The lowest BCUT2D eigenvalue weighted by Gasteiger charge is -2.28. The number of carbonyl (C=O) groups excluding carboxylic acids is 3. The van der Waals surface area contributed by atoms with Crippen molar-refractivity contribution < 1.29 is 14.4 Å². The molecule has 2 amide bonds. The molecule has 1 heterocycles. The van der Waals surface area contributed by atoms with E-state index in [1.807, 2.05) is 0 Å². The second kappa shape index (κ2) is 9.32. The maximum atomic E-state index is 12.7. The van der Waals surface area contributed by atoms with Crippen LogP contribution >= 0.6 is 0 Å². The molecule has 0 spiro atoms. The Kier molecular flexibility index (Phi) is 7.41. The first kappa shape index (κ1) is 19.9. The van der Waals surface area contributed by atoms with Gasteiger partial charge in [0, 0.05) is 6.04 Å². The first-order chi connectivity index (χ1) is 11.9. The van der Waals surface area contributed by atoms with Gasteiger partial charge in [0.2, 0.25) is 11.8 Å². The number of carbonyl (C=O) groups is 3. The van der Waals surface area contributed by atoms with Crippen LogP contribution in [0.5, 0.6) is 0 Å². The van der Waals surface area contributed by atoms with Gasteiger partial charge < -0.3 is 11.1 Å².